The van der Waals surface area contributed by atoms with E-state index < -0.39 is 0 Å². The van der Waals surface area contributed by atoms with Gasteiger partial charge in [-0.25, -0.2) is 0 Å². The minimum absolute atomic E-state index is 0.0847. The first-order valence-corrected chi connectivity index (χ1v) is 5.60. The molecule has 2 nitrogen and oxygen atoms in total. The van der Waals surface area contributed by atoms with Crippen LogP contribution in [0.3, 0.4) is 0 Å². The number of carbonyl (C=O) groups excluding carboxylic acids is 1. The third kappa shape index (κ3) is 2.00. The molecule has 70 valence electrons. The quantitative estimate of drug-likeness (QED) is 0.744. The van der Waals surface area contributed by atoms with Crippen molar-refractivity contribution < 1.29 is 4.79 Å². The van der Waals surface area contributed by atoms with Gasteiger partial charge in [-0.3, -0.25) is 4.79 Å². The maximum Gasteiger partial charge on any atom is 0.223 e. The molecular formula is C9H16BrNO. The van der Waals surface area contributed by atoms with Crippen LogP contribution >= 0.6 is 15.9 Å². The Morgan fingerprint density at radius 1 is 1.58 bits per heavy atom. The highest BCUT2D eigenvalue weighted by molar-refractivity contribution is 9.09. The number of rotatable bonds is 3. The van der Waals surface area contributed by atoms with Crippen LogP contribution in [0.5, 0.6) is 0 Å². The predicted molar refractivity (Wildman–Crippen MR) is 53.4 cm³/mol. The zero-order chi connectivity index (χ0) is 9.19. The number of nitrogens with one attached hydrogen (secondary N) is 1. The van der Waals surface area contributed by atoms with Crippen LogP contribution in [0.1, 0.15) is 33.1 Å². The van der Waals surface area contributed by atoms with Crippen molar-refractivity contribution in [3.05, 3.63) is 0 Å². The number of hydrogen-bond acceptors (Lipinski definition) is 1. The lowest BCUT2D eigenvalue weighted by Gasteiger charge is -2.41. The first-order chi connectivity index (χ1) is 5.59. The molecule has 0 aromatic rings. The average Bonchev–Trinajstić information content (AvgIpc) is 1.96. The van der Waals surface area contributed by atoms with E-state index in [0.717, 1.165) is 18.2 Å². The molecule has 0 spiro atoms. The van der Waals surface area contributed by atoms with Gasteiger partial charge in [-0.1, -0.05) is 29.8 Å². The first-order valence-electron chi connectivity index (χ1n) is 4.48. The lowest BCUT2D eigenvalue weighted by Crippen LogP contribution is -2.55. The van der Waals surface area contributed by atoms with Crippen molar-refractivity contribution in [2.45, 2.75) is 38.6 Å². The van der Waals surface area contributed by atoms with Gasteiger partial charge in [-0.2, -0.15) is 0 Å². The van der Waals surface area contributed by atoms with E-state index in [2.05, 4.69) is 21.2 Å². The van der Waals surface area contributed by atoms with Crippen LogP contribution in [0.2, 0.25) is 0 Å². The number of amides is 1. The number of carbonyl (C=O) groups is 1. The van der Waals surface area contributed by atoms with E-state index >= 15 is 0 Å². The highest BCUT2D eigenvalue weighted by Gasteiger charge is 2.37. The lowest BCUT2D eigenvalue weighted by molar-refractivity contribution is -0.126. The highest BCUT2D eigenvalue weighted by Crippen LogP contribution is 2.33. The van der Waals surface area contributed by atoms with Gasteiger partial charge in [-0.15, -0.1) is 0 Å². The van der Waals surface area contributed by atoms with Crippen molar-refractivity contribution in [3.63, 3.8) is 0 Å². The van der Waals surface area contributed by atoms with Gasteiger partial charge < -0.3 is 5.32 Å². The summed E-state index contributed by atoms with van der Waals surface area (Å²) in [6.07, 6.45) is 3.48. The van der Waals surface area contributed by atoms with Crippen molar-refractivity contribution >= 4 is 21.8 Å². The van der Waals surface area contributed by atoms with E-state index in [1.165, 1.54) is 6.42 Å². The summed E-state index contributed by atoms with van der Waals surface area (Å²) in [5.41, 5.74) is 0.0847. The molecule has 1 fully saturated rings. The standard InChI is InChI=1S/C9H16BrNO/c1-7(2)8(12)11-9(6-10)4-3-5-9/h7H,3-6H2,1-2H3,(H,11,12). The SMILES string of the molecule is CC(C)C(=O)NC1(CBr)CCC1. The van der Waals surface area contributed by atoms with Crippen molar-refractivity contribution in [2.75, 3.05) is 5.33 Å². The summed E-state index contributed by atoms with van der Waals surface area (Å²) < 4.78 is 0. The Morgan fingerprint density at radius 2 is 2.17 bits per heavy atom. The van der Waals surface area contributed by atoms with Gasteiger partial charge in [0, 0.05) is 16.8 Å². The van der Waals surface area contributed by atoms with Gasteiger partial charge in [0.1, 0.15) is 0 Å². The fourth-order valence-electron chi connectivity index (χ4n) is 1.30. The Kier molecular flexibility index (Phi) is 3.16. The Hall–Kier alpha value is -0.0500. The molecule has 0 saturated heterocycles. The summed E-state index contributed by atoms with van der Waals surface area (Å²) in [5.74, 6) is 0.274. The summed E-state index contributed by atoms with van der Waals surface area (Å²) in [6.45, 7) is 3.85. The fourth-order valence-corrected chi connectivity index (χ4v) is 2.00. The molecule has 0 atom stereocenters. The molecule has 0 bridgehead atoms. The third-order valence-corrected chi connectivity index (χ3v) is 3.55. The molecule has 0 heterocycles. The molecule has 0 aromatic carbocycles. The molecule has 1 aliphatic rings. The minimum atomic E-state index is 0.0847. The lowest BCUT2D eigenvalue weighted by atomic mass is 9.78. The van der Waals surface area contributed by atoms with Crippen molar-refractivity contribution in [1.29, 1.82) is 0 Å². The van der Waals surface area contributed by atoms with Crippen molar-refractivity contribution in [2.24, 2.45) is 5.92 Å². The van der Waals surface area contributed by atoms with Crippen LogP contribution in [-0.4, -0.2) is 16.8 Å². The number of halogens is 1. The molecule has 3 heteroatoms. The summed E-state index contributed by atoms with van der Waals surface area (Å²) in [6, 6.07) is 0. The number of hydrogen-bond donors (Lipinski definition) is 1. The topological polar surface area (TPSA) is 29.1 Å². The summed E-state index contributed by atoms with van der Waals surface area (Å²) in [4.78, 5) is 11.4. The molecule has 0 aromatic heterocycles. The van der Waals surface area contributed by atoms with E-state index in [-0.39, 0.29) is 17.4 Å². The van der Waals surface area contributed by atoms with E-state index in [1.807, 2.05) is 13.8 Å². The predicted octanol–water partition coefficient (Wildman–Crippen LogP) is 2.08. The van der Waals surface area contributed by atoms with Crippen LogP contribution in [0.15, 0.2) is 0 Å². The van der Waals surface area contributed by atoms with Crippen LogP contribution in [0, 0.1) is 5.92 Å². The summed E-state index contributed by atoms with van der Waals surface area (Å²) in [7, 11) is 0. The van der Waals surface area contributed by atoms with E-state index in [0.29, 0.717) is 0 Å². The number of alkyl halides is 1. The molecular weight excluding hydrogens is 218 g/mol. The van der Waals surface area contributed by atoms with Crippen LogP contribution in [0.4, 0.5) is 0 Å². The Morgan fingerprint density at radius 3 is 2.42 bits per heavy atom. The minimum Gasteiger partial charge on any atom is -0.350 e. The molecule has 12 heavy (non-hydrogen) atoms. The Balaban J connectivity index is 2.43. The Labute approximate surface area is 82.2 Å². The van der Waals surface area contributed by atoms with Crippen molar-refractivity contribution in [3.8, 4) is 0 Å². The van der Waals surface area contributed by atoms with Gasteiger partial charge in [0.2, 0.25) is 5.91 Å². The second-order valence-electron chi connectivity index (χ2n) is 3.91. The second-order valence-corrected chi connectivity index (χ2v) is 4.47. The largest absolute Gasteiger partial charge is 0.350 e. The maximum atomic E-state index is 11.4. The summed E-state index contributed by atoms with van der Waals surface area (Å²) >= 11 is 3.45. The molecule has 1 aliphatic carbocycles. The average molecular weight is 234 g/mol. The van der Waals surface area contributed by atoms with Gasteiger partial charge in [0.05, 0.1) is 0 Å². The van der Waals surface area contributed by atoms with Gasteiger partial charge in [0.25, 0.3) is 0 Å². The van der Waals surface area contributed by atoms with E-state index in [4.69, 9.17) is 0 Å². The second kappa shape index (κ2) is 3.77. The fraction of sp³-hybridized carbons (Fsp3) is 0.889. The molecule has 0 unspecified atom stereocenters. The highest BCUT2D eigenvalue weighted by atomic mass is 79.9. The third-order valence-electron chi connectivity index (χ3n) is 2.48. The zero-order valence-electron chi connectivity index (χ0n) is 7.69. The van der Waals surface area contributed by atoms with E-state index in [1.54, 1.807) is 0 Å². The maximum absolute atomic E-state index is 11.4. The smallest absolute Gasteiger partial charge is 0.223 e. The molecule has 0 aliphatic heterocycles. The normalized spacial score (nSPS) is 20.3. The van der Waals surface area contributed by atoms with Gasteiger partial charge in [0.15, 0.2) is 0 Å². The van der Waals surface area contributed by atoms with Crippen molar-refractivity contribution in [1.82, 2.24) is 5.32 Å². The molecule has 1 amide bonds. The van der Waals surface area contributed by atoms with Crippen LogP contribution in [0.25, 0.3) is 0 Å². The first kappa shape index (κ1) is 10.0. The molecule has 1 rings (SSSR count). The summed E-state index contributed by atoms with van der Waals surface area (Å²) in [5, 5.41) is 3.98. The zero-order valence-corrected chi connectivity index (χ0v) is 9.28. The van der Waals surface area contributed by atoms with E-state index in [9.17, 15) is 4.79 Å². The Bertz CT molecular complexity index is 170. The van der Waals surface area contributed by atoms with Crippen LogP contribution in [-0.2, 0) is 4.79 Å². The molecule has 0 radical (unpaired) electrons. The molecule has 1 N–H and O–H groups in total. The van der Waals surface area contributed by atoms with Crippen LogP contribution < -0.4 is 5.32 Å². The van der Waals surface area contributed by atoms with Gasteiger partial charge in [-0.05, 0) is 19.3 Å². The monoisotopic (exact) mass is 233 g/mol. The van der Waals surface area contributed by atoms with Gasteiger partial charge >= 0.3 is 0 Å². The molecule has 1 saturated carbocycles.